The molecule has 0 N–H and O–H groups in total. The second-order valence-electron chi connectivity index (χ2n) is 2.51. The fourth-order valence-electron chi connectivity index (χ4n) is 0.981. The van der Waals surface area contributed by atoms with Gasteiger partial charge in [-0.3, -0.25) is 4.67 Å². The zero-order valence-corrected chi connectivity index (χ0v) is 8.48. The first kappa shape index (κ1) is 10.4. The van der Waals surface area contributed by atoms with Crippen molar-refractivity contribution in [2.24, 2.45) is 0 Å². The molecule has 1 nitrogen and oxygen atoms in total. The first-order valence-corrected chi connectivity index (χ1v) is 5.72. The summed E-state index contributed by atoms with van der Waals surface area (Å²) in [6.07, 6.45) is 4.11. The van der Waals surface area contributed by atoms with Crippen molar-refractivity contribution in [1.29, 1.82) is 0 Å². The standard InChI is InChI=1S/C8H20NP/c1-4-6-7-8-9(5-2)10-3/h10H,4-8H2,1-3H3. The van der Waals surface area contributed by atoms with E-state index in [1.54, 1.807) is 0 Å². The van der Waals surface area contributed by atoms with Gasteiger partial charge < -0.3 is 0 Å². The minimum Gasteiger partial charge on any atom is -0.285 e. The highest BCUT2D eigenvalue weighted by Gasteiger charge is 1.95. The summed E-state index contributed by atoms with van der Waals surface area (Å²) in [4.78, 5) is 0. The summed E-state index contributed by atoms with van der Waals surface area (Å²) in [5, 5.41) is 0. The Morgan fingerprint density at radius 2 is 1.90 bits per heavy atom. The van der Waals surface area contributed by atoms with Crippen LogP contribution in [0.5, 0.6) is 0 Å². The summed E-state index contributed by atoms with van der Waals surface area (Å²) in [6.45, 7) is 9.28. The molecule has 0 saturated carbocycles. The molecule has 62 valence electrons. The average Bonchev–Trinajstić information content (AvgIpc) is 1.99. The number of rotatable bonds is 6. The van der Waals surface area contributed by atoms with Gasteiger partial charge in [-0.1, -0.05) is 35.4 Å². The molecule has 1 atom stereocenters. The predicted octanol–water partition coefficient (Wildman–Crippen LogP) is 2.72. The fraction of sp³-hybridized carbons (Fsp3) is 1.00. The van der Waals surface area contributed by atoms with Crippen molar-refractivity contribution in [1.82, 2.24) is 4.67 Å². The van der Waals surface area contributed by atoms with Gasteiger partial charge >= 0.3 is 0 Å². The summed E-state index contributed by atoms with van der Waals surface area (Å²) in [5.41, 5.74) is 0. The van der Waals surface area contributed by atoms with Gasteiger partial charge in [-0.2, -0.15) is 0 Å². The monoisotopic (exact) mass is 161 g/mol. The molecule has 1 unspecified atom stereocenters. The van der Waals surface area contributed by atoms with Crippen LogP contribution in [0.2, 0.25) is 0 Å². The van der Waals surface area contributed by atoms with Gasteiger partial charge in [-0.15, -0.1) is 0 Å². The van der Waals surface area contributed by atoms with Crippen LogP contribution in [0.1, 0.15) is 33.1 Å². The van der Waals surface area contributed by atoms with E-state index in [-0.39, 0.29) is 0 Å². The van der Waals surface area contributed by atoms with Gasteiger partial charge in [-0.05, 0) is 19.6 Å². The smallest absolute Gasteiger partial charge is 0.00184 e. The number of hydrogen-bond donors (Lipinski definition) is 0. The molecule has 0 aromatic carbocycles. The quantitative estimate of drug-likeness (QED) is 0.427. The number of unbranched alkanes of at least 4 members (excludes halogenated alkanes) is 2. The van der Waals surface area contributed by atoms with E-state index < -0.39 is 0 Å². The Labute approximate surface area is 67.0 Å². The van der Waals surface area contributed by atoms with Crippen molar-refractivity contribution in [2.45, 2.75) is 33.1 Å². The first-order chi connectivity index (χ1) is 4.85. The van der Waals surface area contributed by atoms with E-state index >= 15 is 0 Å². The van der Waals surface area contributed by atoms with Crippen molar-refractivity contribution in [3.05, 3.63) is 0 Å². The fourth-order valence-corrected chi connectivity index (χ4v) is 1.68. The van der Waals surface area contributed by atoms with Crippen LogP contribution in [0.15, 0.2) is 0 Å². The Morgan fingerprint density at radius 1 is 1.20 bits per heavy atom. The molecule has 0 aliphatic carbocycles. The van der Waals surface area contributed by atoms with Crippen molar-refractivity contribution < 1.29 is 0 Å². The molecule has 0 heterocycles. The average molecular weight is 161 g/mol. The summed E-state index contributed by atoms with van der Waals surface area (Å²) in [5.74, 6) is 0. The molecular weight excluding hydrogens is 141 g/mol. The predicted molar refractivity (Wildman–Crippen MR) is 51.0 cm³/mol. The van der Waals surface area contributed by atoms with Crippen molar-refractivity contribution in [3.63, 3.8) is 0 Å². The van der Waals surface area contributed by atoms with Crippen LogP contribution in [0.3, 0.4) is 0 Å². The second kappa shape index (κ2) is 7.50. The van der Waals surface area contributed by atoms with Gasteiger partial charge in [0.1, 0.15) is 0 Å². The van der Waals surface area contributed by atoms with Crippen LogP contribution in [0.25, 0.3) is 0 Å². The minimum atomic E-state index is 0.994. The van der Waals surface area contributed by atoms with Crippen molar-refractivity contribution >= 4 is 8.73 Å². The van der Waals surface area contributed by atoms with E-state index in [1.807, 2.05) is 0 Å². The lowest BCUT2D eigenvalue weighted by atomic mass is 10.2. The van der Waals surface area contributed by atoms with Crippen LogP contribution >= 0.6 is 8.73 Å². The molecule has 0 bridgehead atoms. The number of hydrogen-bond acceptors (Lipinski definition) is 1. The SMILES string of the molecule is CCCCCN(CC)PC. The Kier molecular flexibility index (Phi) is 7.79. The molecule has 10 heavy (non-hydrogen) atoms. The lowest BCUT2D eigenvalue weighted by Gasteiger charge is -2.16. The van der Waals surface area contributed by atoms with Gasteiger partial charge in [0.15, 0.2) is 0 Å². The van der Waals surface area contributed by atoms with E-state index in [9.17, 15) is 0 Å². The highest BCUT2D eigenvalue weighted by atomic mass is 31.1. The highest BCUT2D eigenvalue weighted by Crippen LogP contribution is 2.12. The van der Waals surface area contributed by atoms with Crippen LogP contribution in [-0.2, 0) is 0 Å². The zero-order chi connectivity index (χ0) is 7.82. The molecule has 0 fully saturated rings. The third-order valence-electron chi connectivity index (χ3n) is 1.73. The molecule has 0 saturated heterocycles. The molecule has 0 amide bonds. The van der Waals surface area contributed by atoms with Gasteiger partial charge in [0.2, 0.25) is 0 Å². The topological polar surface area (TPSA) is 3.24 Å². The van der Waals surface area contributed by atoms with E-state index in [0.717, 1.165) is 8.73 Å². The van der Waals surface area contributed by atoms with Gasteiger partial charge in [-0.25, -0.2) is 0 Å². The first-order valence-electron chi connectivity index (χ1n) is 4.27. The van der Waals surface area contributed by atoms with Crippen molar-refractivity contribution in [3.8, 4) is 0 Å². The van der Waals surface area contributed by atoms with Crippen molar-refractivity contribution in [2.75, 3.05) is 19.8 Å². The molecular formula is C8H20NP. The zero-order valence-electron chi connectivity index (χ0n) is 7.48. The van der Waals surface area contributed by atoms with E-state index in [2.05, 4.69) is 25.2 Å². The van der Waals surface area contributed by atoms with Gasteiger partial charge in [0.05, 0.1) is 0 Å². The summed E-state index contributed by atoms with van der Waals surface area (Å²) in [7, 11) is 0.994. The van der Waals surface area contributed by atoms with Gasteiger partial charge in [0, 0.05) is 6.54 Å². The van der Waals surface area contributed by atoms with Crippen LogP contribution < -0.4 is 0 Å². The Hall–Kier alpha value is 0.390. The summed E-state index contributed by atoms with van der Waals surface area (Å²) < 4.78 is 2.51. The normalized spacial score (nSPS) is 12.0. The van der Waals surface area contributed by atoms with Gasteiger partial charge in [0.25, 0.3) is 0 Å². The third-order valence-corrected chi connectivity index (χ3v) is 2.90. The molecule has 0 radical (unpaired) electrons. The Balaban J connectivity index is 3.09. The maximum Gasteiger partial charge on any atom is 0.00184 e. The second-order valence-corrected chi connectivity index (χ2v) is 3.59. The van der Waals surface area contributed by atoms with Crippen LogP contribution in [-0.4, -0.2) is 24.4 Å². The minimum absolute atomic E-state index is 0.994. The van der Waals surface area contributed by atoms with Crippen LogP contribution in [0.4, 0.5) is 0 Å². The summed E-state index contributed by atoms with van der Waals surface area (Å²) >= 11 is 0. The number of nitrogens with zero attached hydrogens (tertiary/aromatic N) is 1. The molecule has 2 heteroatoms. The summed E-state index contributed by atoms with van der Waals surface area (Å²) in [6, 6.07) is 0. The molecule has 0 aromatic rings. The molecule has 0 spiro atoms. The Bertz CT molecular complexity index is 62.3. The molecule has 0 rings (SSSR count). The van der Waals surface area contributed by atoms with E-state index in [1.165, 1.54) is 32.4 Å². The van der Waals surface area contributed by atoms with Crippen LogP contribution in [0, 0.1) is 0 Å². The Morgan fingerprint density at radius 3 is 2.30 bits per heavy atom. The lowest BCUT2D eigenvalue weighted by molar-refractivity contribution is 0.465. The largest absolute Gasteiger partial charge is 0.285 e. The van der Waals surface area contributed by atoms with E-state index in [0.29, 0.717) is 0 Å². The molecule has 0 aliphatic heterocycles. The lowest BCUT2D eigenvalue weighted by Crippen LogP contribution is -2.13. The maximum atomic E-state index is 2.51. The molecule has 0 aliphatic rings. The van der Waals surface area contributed by atoms with E-state index in [4.69, 9.17) is 0 Å². The molecule has 0 aromatic heterocycles. The third kappa shape index (κ3) is 5.20. The highest BCUT2D eigenvalue weighted by molar-refractivity contribution is 7.34. The maximum absolute atomic E-state index is 2.51.